The maximum Gasteiger partial charge on any atom is 0.249 e. The van der Waals surface area contributed by atoms with Crippen LogP contribution in [0.3, 0.4) is 0 Å². The third-order valence-electron chi connectivity index (χ3n) is 2.55. The lowest BCUT2D eigenvalue weighted by Gasteiger charge is -2.22. The average molecular weight is 317 g/mol. The molecule has 1 aliphatic rings. The van der Waals surface area contributed by atoms with E-state index in [-0.39, 0.29) is 29.0 Å². The summed E-state index contributed by atoms with van der Waals surface area (Å²) < 4.78 is 13.8. The summed E-state index contributed by atoms with van der Waals surface area (Å²) in [6, 6.07) is -0.635. The van der Waals surface area contributed by atoms with Crippen molar-refractivity contribution in [2.24, 2.45) is 0 Å². The van der Waals surface area contributed by atoms with Gasteiger partial charge >= 0.3 is 0 Å². The fraction of sp³-hybridized carbons (Fsp3) is 0.400. The number of rotatable bonds is 3. The van der Waals surface area contributed by atoms with Crippen molar-refractivity contribution < 1.29 is 14.0 Å². The summed E-state index contributed by atoms with van der Waals surface area (Å²) >= 11 is 3.09. The van der Waals surface area contributed by atoms with Crippen LogP contribution in [-0.2, 0) is 14.9 Å². The lowest BCUT2D eigenvalue weighted by atomic mass is 10.1. The Morgan fingerprint density at radius 2 is 2.33 bits per heavy atom. The predicted octanol–water partition coefficient (Wildman–Crippen LogP) is 0.728. The molecule has 0 bridgehead atoms. The second kappa shape index (κ2) is 5.38. The molecule has 1 fully saturated rings. The molecule has 2 N–H and O–H groups in total. The Labute approximate surface area is 110 Å². The Morgan fingerprint density at radius 1 is 1.56 bits per heavy atom. The van der Waals surface area contributed by atoms with Crippen molar-refractivity contribution in [3.05, 3.63) is 17.7 Å². The Kier molecular flexibility index (Phi) is 3.85. The zero-order valence-electron chi connectivity index (χ0n) is 9.24. The number of nitrogens with zero attached hydrogens (tertiary/aromatic N) is 2. The van der Waals surface area contributed by atoms with Gasteiger partial charge in [-0.1, -0.05) is 15.9 Å². The molecule has 1 atom stereocenters. The number of hydrogen-bond acceptors (Lipinski definition) is 5. The largest absolute Gasteiger partial charge is 0.370 e. The molecule has 0 aromatic carbocycles. The number of amides is 2. The molecule has 0 spiro atoms. The van der Waals surface area contributed by atoms with Gasteiger partial charge in [0.2, 0.25) is 11.8 Å². The SMILES string of the molecule is O=C1CCC(Nc2cnnc(CBr)c2F)C(=O)N1. The minimum atomic E-state index is -0.635. The van der Waals surface area contributed by atoms with Crippen LogP contribution < -0.4 is 10.6 Å². The molecule has 0 radical (unpaired) electrons. The van der Waals surface area contributed by atoms with Crippen LogP contribution in [-0.4, -0.2) is 28.1 Å². The van der Waals surface area contributed by atoms with E-state index in [0.717, 1.165) is 0 Å². The quantitative estimate of drug-likeness (QED) is 0.634. The molecule has 2 amide bonds. The zero-order valence-corrected chi connectivity index (χ0v) is 10.8. The molecular formula is C10H10BrFN4O2. The molecule has 18 heavy (non-hydrogen) atoms. The molecular weight excluding hydrogens is 307 g/mol. The molecule has 6 nitrogen and oxygen atoms in total. The second-order valence-corrected chi connectivity index (χ2v) is 4.36. The summed E-state index contributed by atoms with van der Waals surface area (Å²) in [6.07, 6.45) is 1.77. The van der Waals surface area contributed by atoms with Gasteiger partial charge in [-0.15, -0.1) is 0 Å². The van der Waals surface area contributed by atoms with Crippen molar-refractivity contribution in [3.8, 4) is 0 Å². The van der Waals surface area contributed by atoms with Crippen LogP contribution in [0, 0.1) is 5.82 Å². The Hall–Kier alpha value is -1.57. The number of aromatic nitrogens is 2. The van der Waals surface area contributed by atoms with Crippen molar-refractivity contribution in [1.82, 2.24) is 15.5 Å². The summed E-state index contributed by atoms with van der Waals surface area (Å²) in [7, 11) is 0. The topological polar surface area (TPSA) is 84.0 Å². The molecule has 1 saturated heterocycles. The molecule has 0 saturated carbocycles. The fourth-order valence-corrected chi connectivity index (χ4v) is 1.98. The average Bonchev–Trinajstić information content (AvgIpc) is 2.35. The Balaban J connectivity index is 2.14. The van der Waals surface area contributed by atoms with Crippen molar-refractivity contribution in [2.75, 3.05) is 5.32 Å². The minimum absolute atomic E-state index is 0.106. The highest BCUT2D eigenvalue weighted by Crippen LogP contribution is 2.19. The number of carbonyl (C=O) groups excluding carboxylic acids is 2. The van der Waals surface area contributed by atoms with Crippen molar-refractivity contribution in [3.63, 3.8) is 0 Å². The number of halogens is 2. The first kappa shape index (κ1) is 12.9. The number of alkyl halides is 1. The van der Waals surface area contributed by atoms with Crippen LogP contribution in [0.5, 0.6) is 0 Å². The molecule has 0 aliphatic carbocycles. The van der Waals surface area contributed by atoms with Crippen molar-refractivity contribution >= 4 is 33.4 Å². The molecule has 8 heteroatoms. The third-order valence-corrected chi connectivity index (χ3v) is 3.08. The summed E-state index contributed by atoms with van der Waals surface area (Å²) in [5.74, 6) is -1.32. The van der Waals surface area contributed by atoms with Gasteiger partial charge in [-0.3, -0.25) is 14.9 Å². The van der Waals surface area contributed by atoms with Gasteiger partial charge in [0.15, 0.2) is 5.82 Å². The molecule has 2 rings (SSSR count). The monoisotopic (exact) mass is 316 g/mol. The standard InChI is InChI=1S/C10H10BrFN4O2/c11-3-6-9(12)7(4-13-16-6)14-5-1-2-8(17)15-10(5)18/h4-5H,1-3H2,(H,14,16)(H,15,17,18). The second-order valence-electron chi connectivity index (χ2n) is 3.80. The van der Waals surface area contributed by atoms with Crippen LogP contribution in [0.25, 0.3) is 0 Å². The lowest BCUT2D eigenvalue weighted by Crippen LogP contribution is -2.47. The van der Waals surface area contributed by atoms with E-state index in [1.807, 2.05) is 0 Å². The van der Waals surface area contributed by atoms with Gasteiger partial charge in [-0.2, -0.15) is 10.2 Å². The normalized spacial score (nSPS) is 19.6. The highest BCUT2D eigenvalue weighted by atomic mass is 79.9. The van der Waals surface area contributed by atoms with E-state index in [1.165, 1.54) is 6.20 Å². The van der Waals surface area contributed by atoms with E-state index >= 15 is 0 Å². The maximum atomic E-state index is 13.8. The first-order valence-corrected chi connectivity index (χ1v) is 6.40. The van der Waals surface area contributed by atoms with E-state index in [4.69, 9.17) is 0 Å². The lowest BCUT2D eigenvalue weighted by molar-refractivity contribution is -0.133. The summed E-state index contributed by atoms with van der Waals surface area (Å²) in [5.41, 5.74) is 0.265. The van der Waals surface area contributed by atoms with E-state index in [0.29, 0.717) is 6.42 Å². The summed E-state index contributed by atoms with van der Waals surface area (Å²) in [6.45, 7) is 0. The van der Waals surface area contributed by atoms with Gasteiger partial charge in [0, 0.05) is 6.42 Å². The van der Waals surface area contributed by atoms with Gasteiger partial charge in [0.25, 0.3) is 0 Å². The molecule has 96 valence electrons. The van der Waals surface area contributed by atoms with E-state index in [9.17, 15) is 14.0 Å². The molecule has 2 heterocycles. The zero-order chi connectivity index (χ0) is 13.1. The molecule has 1 unspecified atom stereocenters. The van der Waals surface area contributed by atoms with Gasteiger partial charge in [0.1, 0.15) is 11.7 Å². The minimum Gasteiger partial charge on any atom is -0.370 e. The smallest absolute Gasteiger partial charge is 0.249 e. The van der Waals surface area contributed by atoms with Gasteiger partial charge < -0.3 is 5.32 Å². The number of carbonyl (C=O) groups is 2. The Bertz CT molecular complexity index is 497. The van der Waals surface area contributed by atoms with Crippen molar-refractivity contribution in [1.29, 1.82) is 0 Å². The van der Waals surface area contributed by atoms with Crippen LogP contribution in [0.15, 0.2) is 6.20 Å². The molecule has 1 aromatic rings. The highest BCUT2D eigenvalue weighted by molar-refractivity contribution is 9.08. The predicted molar refractivity (Wildman–Crippen MR) is 64.4 cm³/mol. The first-order valence-electron chi connectivity index (χ1n) is 5.28. The third kappa shape index (κ3) is 2.63. The van der Waals surface area contributed by atoms with E-state index in [2.05, 4.69) is 36.8 Å². The first-order chi connectivity index (χ1) is 8.61. The van der Waals surface area contributed by atoms with Gasteiger partial charge in [-0.05, 0) is 6.42 Å². The van der Waals surface area contributed by atoms with Crippen LogP contribution in [0.1, 0.15) is 18.5 Å². The van der Waals surface area contributed by atoms with Crippen LogP contribution >= 0.6 is 15.9 Å². The fourth-order valence-electron chi connectivity index (χ4n) is 1.62. The highest BCUT2D eigenvalue weighted by Gasteiger charge is 2.27. The van der Waals surface area contributed by atoms with Gasteiger partial charge in [-0.25, -0.2) is 4.39 Å². The van der Waals surface area contributed by atoms with Crippen LogP contribution in [0.2, 0.25) is 0 Å². The van der Waals surface area contributed by atoms with Gasteiger partial charge in [0.05, 0.1) is 17.2 Å². The molecule has 1 aromatic heterocycles. The number of piperidine rings is 1. The molecule has 1 aliphatic heterocycles. The summed E-state index contributed by atoms with van der Waals surface area (Å²) in [4.78, 5) is 22.5. The number of hydrogen-bond donors (Lipinski definition) is 2. The Morgan fingerprint density at radius 3 is 3.00 bits per heavy atom. The van der Waals surface area contributed by atoms with E-state index < -0.39 is 17.8 Å². The van der Waals surface area contributed by atoms with E-state index in [1.54, 1.807) is 0 Å². The number of imide groups is 1. The number of anilines is 1. The summed E-state index contributed by atoms with van der Waals surface area (Å²) in [5, 5.41) is 12.4. The van der Waals surface area contributed by atoms with Crippen molar-refractivity contribution in [2.45, 2.75) is 24.2 Å². The van der Waals surface area contributed by atoms with Crippen LogP contribution in [0.4, 0.5) is 10.1 Å². The number of nitrogens with one attached hydrogen (secondary N) is 2. The maximum absolute atomic E-state index is 13.8.